The number of nitrogens with zero attached hydrogens (tertiary/aromatic N) is 1. The van der Waals surface area contributed by atoms with E-state index in [4.69, 9.17) is 14.2 Å². The third kappa shape index (κ3) is 5.33. The highest BCUT2D eigenvalue weighted by Crippen LogP contribution is 2.25. The lowest BCUT2D eigenvalue weighted by Gasteiger charge is -2.18. The lowest BCUT2D eigenvalue weighted by molar-refractivity contribution is 0.0529. The van der Waals surface area contributed by atoms with E-state index in [1.165, 1.54) is 0 Å². The Hall–Kier alpha value is -2.24. The Morgan fingerprint density at radius 3 is 2.38 bits per heavy atom. The lowest BCUT2D eigenvalue weighted by Crippen LogP contribution is -2.30. The Morgan fingerprint density at radius 1 is 1.19 bits per heavy atom. The van der Waals surface area contributed by atoms with E-state index >= 15 is 0 Å². The van der Waals surface area contributed by atoms with Crippen molar-refractivity contribution in [1.82, 2.24) is 5.43 Å². The summed E-state index contributed by atoms with van der Waals surface area (Å²) in [5, 5.41) is 4.01. The van der Waals surface area contributed by atoms with Crippen LogP contribution in [0, 0.1) is 0 Å². The molecule has 0 atom stereocenters. The summed E-state index contributed by atoms with van der Waals surface area (Å²) < 4.78 is 15.5. The summed E-state index contributed by atoms with van der Waals surface area (Å²) in [6.45, 7) is 7.13. The van der Waals surface area contributed by atoms with Gasteiger partial charge in [-0.05, 0) is 39.8 Å². The van der Waals surface area contributed by atoms with Gasteiger partial charge in [0.05, 0.1) is 19.9 Å². The molecule has 0 heterocycles. The van der Waals surface area contributed by atoms with Gasteiger partial charge < -0.3 is 14.2 Å². The fourth-order valence-corrected chi connectivity index (χ4v) is 1.59. The Bertz CT molecular complexity index is 533. The Kier molecular flexibility index (Phi) is 5.58. The van der Waals surface area contributed by atoms with Crippen LogP contribution in [0.1, 0.15) is 33.3 Å². The first-order valence-electron chi connectivity index (χ1n) is 6.52. The van der Waals surface area contributed by atoms with Crippen LogP contribution in [0.5, 0.6) is 11.5 Å². The number of ether oxygens (including phenoxy) is 3. The van der Waals surface area contributed by atoms with Gasteiger partial charge in [0.2, 0.25) is 0 Å². The molecule has 1 rings (SSSR count). The quantitative estimate of drug-likeness (QED) is 0.684. The Labute approximate surface area is 125 Å². The predicted octanol–water partition coefficient (Wildman–Crippen LogP) is 2.95. The van der Waals surface area contributed by atoms with Crippen LogP contribution in [0.2, 0.25) is 0 Å². The molecule has 0 aliphatic heterocycles. The van der Waals surface area contributed by atoms with Crippen molar-refractivity contribution in [3.8, 4) is 11.5 Å². The van der Waals surface area contributed by atoms with Gasteiger partial charge in [0, 0.05) is 11.6 Å². The third-order valence-electron chi connectivity index (χ3n) is 2.51. The number of amides is 1. The highest BCUT2D eigenvalue weighted by molar-refractivity contribution is 6.01. The molecule has 0 saturated carbocycles. The summed E-state index contributed by atoms with van der Waals surface area (Å²) in [4.78, 5) is 11.6. The topological polar surface area (TPSA) is 69.2 Å². The SMILES string of the molecule is COc1ccc(C(C)=NNC(=O)OC(C)(C)C)c(OC)c1. The van der Waals surface area contributed by atoms with Crippen LogP contribution in [0.15, 0.2) is 23.3 Å². The van der Waals surface area contributed by atoms with Gasteiger partial charge >= 0.3 is 6.09 Å². The van der Waals surface area contributed by atoms with Gasteiger partial charge in [0.25, 0.3) is 0 Å². The van der Waals surface area contributed by atoms with Gasteiger partial charge in [0.1, 0.15) is 17.1 Å². The first-order chi connectivity index (χ1) is 9.76. The van der Waals surface area contributed by atoms with Gasteiger partial charge in [0.15, 0.2) is 0 Å². The Morgan fingerprint density at radius 2 is 1.86 bits per heavy atom. The zero-order valence-electron chi connectivity index (χ0n) is 13.3. The summed E-state index contributed by atoms with van der Waals surface area (Å²) in [5.41, 5.74) is 3.15. The molecule has 6 nitrogen and oxygen atoms in total. The number of carbonyl (C=O) groups excluding carboxylic acids is 1. The Balaban J connectivity index is 2.85. The van der Waals surface area contributed by atoms with E-state index in [1.54, 1.807) is 54.0 Å². The first kappa shape index (κ1) is 16.8. The summed E-state index contributed by atoms with van der Waals surface area (Å²) >= 11 is 0. The fraction of sp³-hybridized carbons (Fsp3) is 0.467. The number of hydrogen-bond donors (Lipinski definition) is 1. The number of rotatable bonds is 4. The zero-order chi connectivity index (χ0) is 16.0. The second kappa shape index (κ2) is 6.97. The zero-order valence-corrected chi connectivity index (χ0v) is 13.3. The van der Waals surface area contributed by atoms with E-state index < -0.39 is 11.7 Å². The highest BCUT2D eigenvalue weighted by atomic mass is 16.6. The second-order valence-corrected chi connectivity index (χ2v) is 5.38. The monoisotopic (exact) mass is 294 g/mol. The van der Waals surface area contributed by atoms with E-state index in [2.05, 4.69) is 10.5 Å². The maximum absolute atomic E-state index is 11.6. The number of hydrazone groups is 1. The minimum atomic E-state index is -0.602. The molecule has 0 aromatic heterocycles. The van der Waals surface area contributed by atoms with E-state index in [0.717, 1.165) is 5.56 Å². The van der Waals surface area contributed by atoms with Crippen molar-refractivity contribution in [2.24, 2.45) is 5.10 Å². The van der Waals surface area contributed by atoms with Crippen LogP contribution in [0.3, 0.4) is 0 Å². The van der Waals surface area contributed by atoms with Crippen LogP contribution in [-0.2, 0) is 4.74 Å². The van der Waals surface area contributed by atoms with E-state index in [9.17, 15) is 4.79 Å². The standard InChI is InChI=1S/C15H22N2O4/c1-10(16-17-14(18)21-15(2,3)4)12-8-7-11(19-5)9-13(12)20-6/h7-9H,1-6H3,(H,17,18). The van der Waals surface area contributed by atoms with Crippen LogP contribution in [0.4, 0.5) is 4.79 Å². The van der Waals surface area contributed by atoms with Gasteiger partial charge in [-0.25, -0.2) is 10.2 Å². The molecule has 21 heavy (non-hydrogen) atoms. The molecule has 0 aliphatic carbocycles. The summed E-state index contributed by atoms with van der Waals surface area (Å²) in [6, 6.07) is 5.36. The normalized spacial score (nSPS) is 11.8. The third-order valence-corrected chi connectivity index (χ3v) is 2.51. The fourth-order valence-electron chi connectivity index (χ4n) is 1.59. The average Bonchev–Trinajstić information content (AvgIpc) is 2.42. The number of benzene rings is 1. The molecule has 6 heteroatoms. The van der Waals surface area contributed by atoms with Crippen LogP contribution >= 0.6 is 0 Å². The van der Waals surface area contributed by atoms with E-state index in [0.29, 0.717) is 17.2 Å². The maximum Gasteiger partial charge on any atom is 0.428 e. The molecular weight excluding hydrogens is 272 g/mol. The molecule has 1 N–H and O–H groups in total. The molecule has 0 bridgehead atoms. The minimum absolute atomic E-state index is 0.564. The van der Waals surface area contributed by atoms with Crippen molar-refractivity contribution in [3.05, 3.63) is 23.8 Å². The van der Waals surface area contributed by atoms with Crippen LogP contribution < -0.4 is 14.9 Å². The lowest BCUT2D eigenvalue weighted by atomic mass is 10.1. The largest absolute Gasteiger partial charge is 0.497 e. The molecular formula is C15H22N2O4. The molecule has 0 fully saturated rings. The first-order valence-corrected chi connectivity index (χ1v) is 6.52. The van der Waals surface area contributed by atoms with Crippen molar-refractivity contribution in [1.29, 1.82) is 0 Å². The summed E-state index contributed by atoms with van der Waals surface area (Å²) in [6.07, 6.45) is -0.602. The molecule has 1 aromatic rings. The van der Waals surface area contributed by atoms with Crippen molar-refractivity contribution in [2.75, 3.05) is 14.2 Å². The molecule has 1 aromatic carbocycles. The molecule has 0 saturated heterocycles. The van der Waals surface area contributed by atoms with E-state index in [1.807, 2.05) is 6.07 Å². The molecule has 1 amide bonds. The predicted molar refractivity (Wildman–Crippen MR) is 81.1 cm³/mol. The van der Waals surface area contributed by atoms with Gasteiger partial charge in [-0.1, -0.05) is 0 Å². The van der Waals surface area contributed by atoms with Crippen molar-refractivity contribution in [2.45, 2.75) is 33.3 Å². The van der Waals surface area contributed by atoms with Crippen molar-refractivity contribution >= 4 is 11.8 Å². The molecule has 0 unspecified atom stereocenters. The highest BCUT2D eigenvalue weighted by Gasteiger charge is 2.16. The second-order valence-electron chi connectivity index (χ2n) is 5.38. The number of nitrogens with one attached hydrogen (secondary N) is 1. The minimum Gasteiger partial charge on any atom is -0.497 e. The van der Waals surface area contributed by atoms with Crippen LogP contribution in [0.25, 0.3) is 0 Å². The average molecular weight is 294 g/mol. The number of hydrogen-bond acceptors (Lipinski definition) is 5. The van der Waals surface area contributed by atoms with Crippen molar-refractivity contribution in [3.63, 3.8) is 0 Å². The summed E-state index contributed by atoms with van der Waals surface area (Å²) in [7, 11) is 3.15. The maximum atomic E-state index is 11.6. The molecule has 0 aliphatic rings. The molecule has 0 spiro atoms. The number of carbonyl (C=O) groups is 1. The number of methoxy groups -OCH3 is 2. The summed E-state index contributed by atoms with van der Waals surface area (Å²) in [5.74, 6) is 1.30. The van der Waals surface area contributed by atoms with Gasteiger partial charge in [-0.15, -0.1) is 0 Å². The van der Waals surface area contributed by atoms with Crippen molar-refractivity contribution < 1.29 is 19.0 Å². The van der Waals surface area contributed by atoms with Gasteiger partial charge in [-0.2, -0.15) is 5.10 Å². The van der Waals surface area contributed by atoms with Crippen LogP contribution in [-0.4, -0.2) is 31.6 Å². The van der Waals surface area contributed by atoms with E-state index in [-0.39, 0.29) is 0 Å². The molecule has 0 radical (unpaired) electrons. The molecule has 116 valence electrons. The van der Waals surface area contributed by atoms with Gasteiger partial charge in [-0.3, -0.25) is 0 Å². The smallest absolute Gasteiger partial charge is 0.428 e.